The van der Waals surface area contributed by atoms with Crippen LogP contribution in [0.25, 0.3) is 10.9 Å². The largest absolute Gasteiger partial charge is 0.350 e. The van der Waals surface area contributed by atoms with Gasteiger partial charge in [-0.3, -0.25) is 14.9 Å². The molecule has 122 valence electrons. The Morgan fingerprint density at radius 3 is 2.75 bits per heavy atom. The molecule has 0 saturated heterocycles. The predicted molar refractivity (Wildman–Crippen MR) is 92.2 cm³/mol. The van der Waals surface area contributed by atoms with Crippen molar-refractivity contribution >= 4 is 22.5 Å². The van der Waals surface area contributed by atoms with E-state index in [1.54, 1.807) is 18.2 Å². The number of aromatic amines is 1. The summed E-state index contributed by atoms with van der Waals surface area (Å²) >= 11 is 0. The smallest absolute Gasteiger partial charge is 0.293 e. The van der Waals surface area contributed by atoms with Gasteiger partial charge in [0.1, 0.15) is 11.2 Å². The van der Waals surface area contributed by atoms with E-state index >= 15 is 0 Å². The third-order valence-electron chi connectivity index (χ3n) is 3.86. The van der Waals surface area contributed by atoms with Crippen LogP contribution in [0.5, 0.6) is 0 Å². The van der Waals surface area contributed by atoms with E-state index in [1.807, 2.05) is 25.1 Å². The minimum absolute atomic E-state index is 0.0358. The second-order valence-electron chi connectivity index (χ2n) is 5.68. The van der Waals surface area contributed by atoms with Crippen molar-refractivity contribution in [2.24, 2.45) is 0 Å². The summed E-state index contributed by atoms with van der Waals surface area (Å²) in [5.41, 5.74) is 2.99. The highest BCUT2D eigenvalue weighted by molar-refractivity contribution is 6.00. The number of H-pyrrole nitrogens is 1. The minimum atomic E-state index is -0.460. The maximum Gasteiger partial charge on any atom is 0.293 e. The van der Waals surface area contributed by atoms with Gasteiger partial charge in [-0.1, -0.05) is 42.0 Å². The van der Waals surface area contributed by atoms with Gasteiger partial charge in [-0.25, -0.2) is 0 Å². The van der Waals surface area contributed by atoms with Crippen LogP contribution in [0.3, 0.4) is 0 Å². The number of hydrogen-bond acceptors (Lipinski definition) is 3. The van der Waals surface area contributed by atoms with Crippen molar-refractivity contribution < 1.29 is 9.72 Å². The van der Waals surface area contributed by atoms with Gasteiger partial charge in [0.15, 0.2) is 0 Å². The number of nitro benzene ring substituents is 1. The normalized spacial score (nSPS) is 10.7. The summed E-state index contributed by atoms with van der Waals surface area (Å²) in [7, 11) is 0. The second-order valence-corrected chi connectivity index (χ2v) is 5.68. The van der Waals surface area contributed by atoms with Crippen molar-refractivity contribution in [3.05, 3.63) is 75.5 Å². The Hall–Kier alpha value is -3.15. The zero-order valence-electron chi connectivity index (χ0n) is 13.2. The molecule has 0 aliphatic rings. The van der Waals surface area contributed by atoms with Crippen molar-refractivity contribution in [3.63, 3.8) is 0 Å². The highest BCUT2D eigenvalue weighted by Crippen LogP contribution is 2.25. The Morgan fingerprint density at radius 2 is 2.00 bits per heavy atom. The predicted octanol–water partition coefficient (Wildman–Crippen LogP) is 3.36. The maximum atomic E-state index is 12.2. The number of benzene rings is 2. The first-order valence-electron chi connectivity index (χ1n) is 7.64. The summed E-state index contributed by atoms with van der Waals surface area (Å²) in [5, 5.41) is 14.5. The van der Waals surface area contributed by atoms with E-state index in [0.29, 0.717) is 23.1 Å². The van der Waals surface area contributed by atoms with Crippen LogP contribution < -0.4 is 5.32 Å². The molecule has 3 rings (SSSR count). The molecular weight excluding hydrogens is 306 g/mol. The number of nitrogens with one attached hydrogen (secondary N) is 2. The van der Waals surface area contributed by atoms with Gasteiger partial charge in [0.05, 0.1) is 4.92 Å². The summed E-state index contributed by atoms with van der Waals surface area (Å²) in [6.07, 6.45) is 0.730. The molecule has 0 radical (unpaired) electrons. The van der Waals surface area contributed by atoms with Crippen LogP contribution in [-0.2, 0) is 6.42 Å². The third-order valence-corrected chi connectivity index (χ3v) is 3.86. The number of hydrogen-bond donors (Lipinski definition) is 2. The van der Waals surface area contributed by atoms with Gasteiger partial charge in [-0.15, -0.1) is 0 Å². The van der Waals surface area contributed by atoms with Gasteiger partial charge in [0.25, 0.3) is 11.6 Å². The second kappa shape index (κ2) is 6.54. The van der Waals surface area contributed by atoms with E-state index in [4.69, 9.17) is 0 Å². The Kier molecular flexibility index (Phi) is 4.29. The van der Waals surface area contributed by atoms with E-state index < -0.39 is 4.92 Å². The van der Waals surface area contributed by atoms with Crippen molar-refractivity contribution in [1.82, 2.24) is 10.3 Å². The Balaban J connectivity index is 1.70. The lowest BCUT2D eigenvalue weighted by Crippen LogP contribution is -2.25. The number of nitro groups is 1. The number of fused-ring (bicyclic) bond motifs is 1. The first-order valence-corrected chi connectivity index (χ1v) is 7.64. The molecule has 0 fully saturated rings. The fourth-order valence-corrected chi connectivity index (χ4v) is 2.70. The first-order chi connectivity index (χ1) is 11.5. The molecule has 6 nitrogen and oxygen atoms in total. The summed E-state index contributed by atoms with van der Waals surface area (Å²) in [6, 6.07) is 14.5. The molecule has 24 heavy (non-hydrogen) atoms. The van der Waals surface area contributed by atoms with Crippen LogP contribution in [-0.4, -0.2) is 22.4 Å². The number of aromatic nitrogens is 1. The van der Waals surface area contributed by atoms with Crippen LogP contribution in [0.4, 0.5) is 5.69 Å². The van der Waals surface area contributed by atoms with E-state index in [0.717, 1.165) is 12.0 Å². The van der Waals surface area contributed by atoms with E-state index in [1.165, 1.54) is 11.6 Å². The van der Waals surface area contributed by atoms with Crippen molar-refractivity contribution in [1.29, 1.82) is 0 Å². The molecule has 0 saturated carbocycles. The third kappa shape index (κ3) is 3.27. The Morgan fingerprint density at radius 1 is 1.21 bits per heavy atom. The number of para-hydroxylation sites is 1. The lowest BCUT2D eigenvalue weighted by Gasteiger charge is -2.04. The summed E-state index contributed by atoms with van der Waals surface area (Å²) in [4.78, 5) is 25.7. The highest BCUT2D eigenvalue weighted by atomic mass is 16.6. The maximum absolute atomic E-state index is 12.2. The summed E-state index contributed by atoms with van der Waals surface area (Å²) in [6.45, 7) is 2.53. The molecule has 0 bridgehead atoms. The topological polar surface area (TPSA) is 88.0 Å². The number of non-ortho nitro benzene ring substituents is 1. The monoisotopic (exact) mass is 323 g/mol. The van der Waals surface area contributed by atoms with Crippen LogP contribution >= 0.6 is 0 Å². The summed E-state index contributed by atoms with van der Waals surface area (Å²) < 4.78 is 0. The molecule has 0 atom stereocenters. The van der Waals surface area contributed by atoms with Crippen molar-refractivity contribution in [3.8, 4) is 0 Å². The number of carbonyl (C=O) groups is 1. The Labute approximate surface area is 138 Å². The van der Waals surface area contributed by atoms with Gasteiger partial charge in [-0.05, 0) is 25.0 Å². The molecule has 0 spiro atoms. The first kappa shape index (κ1) is 15.7. The average molecular weight is 323 g/mol. The average Bonchev–Trinajstić information content (AvgIpc) is 2.98. The molecule has 0 aliphatic carbocycles. The van der Waals surface area contributed by atoms with Crippen LogP contribution in [0.2, 0.25) is 0 Å². The lowest BCUT2D eigenvalue weighted by atomic mass is 10.1. The summed E-state index contributed by atoms with van der Waals surface area (Å²) in [5.74, 6) is -0.270. The van der Waals surface area contributed by atoms with Crippen molar-refractivity contribution in [2.45, 2.75) is 13.3 Å². The fourth-order valence-electron chi connectivity index (χ4n) is 2.70. The van der Waals surface area contributed by atoms with E-state index in [2.05, 4.69) is 16.4 Å². The van der Waals surface area contributed by atoms with Gasteiger partial charge >= 0.3 is 0 Å². The lowest BCUT2D eigenvalue weighted by molar-refractivity contribution is -0.383. The number of amides is 1. The zero-order valence-corrected chi connectivity index (χ0v) is 13.2. The molecule has 6 heteroatoms. The van der Waals surface area contributed by atoms with Gasteiger partial charge < -0.3 is 10.3 Å². The van der Waals surface area contributed by atoms with Gasteiger partial charge in [0, 0.05) is 18.0 Å². The molecule has 1 aromatic heterocycles. The Bertz CT molecular complexity index is 915. The molecule has 0 aliphatic heterocycles. The van der Waals surface area contributed by atoms with Gasteiger partial charge in [0.2, 0.25) is 0 Å². The molecule has 2 aromatic carbocycles. The molecule has 1 heterocycles. The molecule has 0 unspecified atom stereocenters. The van der Waals surface area contributed by atoms with E-state index in [-0.39, 0.29) is 11.6 Å². The molecular formula is C18H17N3O3. The molecule has 3 aromatic rings. The standard InChI is InChI=1S/C18H17N3O3/c1-12-4-2-5-13(10-12)8-9-19-18(22)15-11-14-6-3-7-16(21(23)24)17(14)20-15/h2-7,10-11,20H,8-9H2,1H3,(H,19,22). The number of carbonyl (C=O) groups excluding carboxylic acids is 1. The van der Waals surface area contributed by atoms with Crippen molar-refractivity contribution in [2.75, 3.05) is 6.54 Å². The SMILES string of the molecule is Cc1cccc(CCNC(=O)c2cc3cccc([N+](=O)[O-])c3[nH]2)c1. The number of nitrogens with zero attached hydrogens (tertiary/aromatic N) is 1. The van der Waals surface area contributed by atoms with Crippen LogP contribution in [0.15, 0.2) is 48.5 Å². The van der Waals surface area contributed by atoms with Gasteiger partial charge in [-0.2, -0.15) is 0 Å². The quantitative estimate of drug-likeness (QED) is 0.557. The zero-order chi connectivity index (χ0) is 17.1. The number of aryl methyl sites for hydroxylation is 1. The highest BCUT2D eigenvalue weighted by Gasteiger charge is 2.16. The number of rotatable bonds is 5. The molecule has 1 amide bonds. The fraction of sp³-hybridized carbons (Fsp3) is 0.167. The molecule has 2 N–H and O–H groups in total. The van der Waals surface area contributed by atoms with E-state index in [9.17, 15) is 14.9 Å². The van der Waals surface area contributed by atoms with Crippen LogP contribution in [0.1, 0.15) is 21.6 Å². The van der Waals surface area contributed by atoms with Crippen LogP contribution in [0, 0.1) is 17.0 Å². The minimum Gasteiger partial charge on any atom is -0.350 e.